The van der Waals surface area contributed by atoms with Gasteiger partial charge in [0.2, 0.25) is 0 Å². The van der Waals surface area contributed by atoms with Gasteiger partial charge in [-0.2, -0.15) is 0 Å². The lowest BCUT2D eigenvalue weighted by Crippen LogP contribution is -2.44. The number of carbonyl (C=O) groups excluding carboxylic acids is 1. The van der Waals surface area contributed by atoms with Gasteiger partial charge in [0.05, 0.1) is 0 Å². The second-order valence-corrected chi connectivity index (χ2v) is 4.74. The smallest absolute Gasteiger partial charge is 0.317 e. The number of amides is 2. The van der Waals surface area contributed by atoms with Gasteiger partial charge in [-0.05, 0) is 18.4 Å². The predicted octanol–water partition coefficient (Wildman–Crippen LogP) is 2.87. The van der Waals surface area contributed by atoms with Crippen LogP contribution in [0.25, 0.3) is 0 Å². The molecule has 17 heavy (non-hydrogen) atoms. The zero-order valence-corrected chi connectivity index (χ0v) is 11.1. The third-order valence-electron chi connectivity index (χ3n) is 3.18. The number of rotatable bonds is 4. The molecule has 2 amide bonds. The topological polar surface area (TPSA) is 32.3 Å². The summed E-state index contributed by atoms with van der Waals surface area (Å²) in [5.74, 6) is 0.461. The summed E-state index contributed by atoms with van der Waals surface area (Å²) >= 11 is 0. The SMILES string of the molecule is CC(C)C(C)N(C)C(=O)NCc1ccccc1. The molecule has 1 aromatic carbocycles. The standard InChI is InChI=1S/C14H22N2O/c1-11(2)12(3)16(4)14(17)15-10-13-8-6-5-7-9-13/h5-9,11-12H,10H2,1-4H3,(H,15,17). The maximum atomic E-state index is 11.9. The summed E-state index contributed by atoms with van der Waals surface area (Å²) < 4.78 is 0. The largest absolute Gasteiger partial charge is 0.334 e. The Labute approximate surface area is 104 Å². The molecule has 3 nitrogen and oxygen atoms in total. The van der Waals surface area contributed by atoms with Crippen molar-refractivity contribution in [3.8, 4) is 0 Å². The molecule has 0 bridgehead atoms. The molecule has 0 aromatic heterocycles. The Kier molecular flexibility index (Phi) is 5.01. The Morgan fingerprint density at radius 1 is 1.24 bits per heavy atom. The molecule has 0 aliphatic carbocycles. The minimum absolute atomic E-state index is 0.0185. The number of carbonyl (C=O) groups is 1. The molecule has 1 aromatic rings. The molecule has 1 atom stereocenters. The van der Waals surface area contributed by atoms with Crippen LogP contribution in [0.4, 0.5) is 4.79 Å². The summed E-state index contributed by atoms with van der Waals surface area (Å²) in [7, 11) is 1.84. The van der Waals surface area contributed by atoms with E-state index in [1.54, 1.807) is 4.90 Å². The molecule has 0 fully saturated rings. The highest BCUT2D eigenvalue weighted by Gasteiger charge is 2.17. The van der Waals surface area contributed by atoms with Crippen LogP contribution in [-0.4, -0.2) is 24.0 Å². The Morgan fingerprint density at radius 2 is 1.82 bits per heavy atom. The third-order valence-corrected chi connectivity index (χ3v) is 3.18. The van der Waals surface area contributed by atoms with E-state index in [9.17, 15) is 4.79 Å². The molecule has 1 rings (SSSR count). The molecule has 0 saturated heterocycles. The van der Waals surface area contributed by atoms with Crippen molar-refractivity contribution in [1.29, 1.82) is 0 Å². The molecule has 0 heterocycles. The van der Waals surface area contributed by atoms with Crippen molar-refractivity contribution in [3.05, 3.63) is 35.9 Å². The van der Waals surface area contributed by atoms with Crippen molar-refractivity contribution >= 4 is 6.03 Å². The van der Waals surface area contributed by atoms with E-state index in [2.05, 4.69) is 26.1 Å². The lowest BCUT2D eigenvalue weighted by Gasteiger charge is -2.28. The van der Waals surface area contributed by atoms with E-state index in [0.717, 1.165) is 5.56 Å². The highest BCUT2D eigenvalue weighted by atomic mass is 16.2. The van der Waals surface area contributed by atoms with Crippen LogP contribution in [0.5, 0.6) is 0 Å². The average molecular weight is 234 g/mol. The lowest BCUT2D eigenvalue weighted by molar-refractivity contribution is 0.179. The fraction of sp³-hybridized carbons (Fsp3) is 0.500. The van der Waals surface area contributed by atoms with Crippen molar-refractivity contribution in [2.45, 2.75) is 33.4 Å². The van der Waals surface area contributed by atoms with Crippen molar-refractivity contribution in [2.75, 3.05) is 7.05 Å². The zero-order chi connectivity index (χ0) is 12.8. The van der Waals surface area contributed by atoms with Gasteiger partial charge in [0.1, 0.15) is 0 Å². The molecule has 0 aliphatic heterocycles. The van der Waals surface area contributed by atoms with Gasteiger partial charge in [0, 0.05) is 19.6 Å². The molecule has 0 saturated carbocycles. The first kappa shape index (κ1) is 13.6. The first-order valence-corrected chi connectivity index (χ1v) is 6.07. The number of urea groups is 1. The molecule has 0 radical (unpaired) electrons. The van der Waals surface area contributed by atoms with Crippen LogP contribution >= 0.6 is 0 Å². The number of nitrogens with one attached hydrogen (secondary N) is 1. The van der Waals surface area contributed by atoms with Gasteiger partial charge in [0.15, 0.2) is 0 Å². The summed E-state index contributed by atoms with van der Waals surface area (Å²) in [5.41, 5.74) is 1.12. The van der Waals surface area contributed by atoms with Gasteiger partial charge < -0.3 is 10.2 Å². The Bertz CT molecular complexity index is 348. The van der Waals surface area contributed by atoms with E-state index >= 15 is 0 Å². The van der Waals surface area contributed by atoms with Crippen LogP contribution in [0, 0.1) is 5.92 Å². The van der Waals surface area contributed by atoms with Crippen molar-refractivity contribution in [2.24, 2.45) is 5.92 Å². The van der Waals surface area contributed by atoms with E-state index in [-0.39, 0.29) is 12.1 Å². The molecule has 3 heteroatoms. The van der Waals surface area contributed by atoms with Crippen LogP contribution < -0.4 is 5.32 Å². The summed E-state index contributed by atoms with van der Waals surface area (Å²) in [6.07, 6.45) is 0. The molecular weight excluding hydrogens is 212 g/mol. The molecule has 1 N–H and O–H groups in total. The second kappa shape index (κ2) is 6.28. The fourth-order valence-electron chi connectivity index (χ4n) is 1.53. The summed E-state index contributed by atoms with van der Waals surface area (Å²) in [5, 5.41) is 2.92. The van der Waals surface area contributed by atoms with Crippen molar-refractivity contribution in [3.63, 3.8) is 0 Å². The van der Waals surface area contributed by atoms with E-state index in [0.29, 0.717) is 12.5 Å². The van der Waals surface area contributed by atoms with Crippen LogP contribution in [0.15, 0.2) is 30.3 Å². The Morgan fingerprint density at radius 3 is 2.35 bits per heavy atom. The highest BCUT2D eigenvalue weighted by Crippen LogP contribution is 2.08. The number of nitrogens with zero attached hydrogens (tertiary/aromatic N) is 1. The first-order valence-electron chi connectivity index (χ1n) is 6.07. The van der Waals surface area contributed by atoms with Crippen LogP contribution in [0.2, 0.25) is 0 Å². The zero-order valence-electron chi connectivity index (χ0n) is 11.1. The van der Waals surface area contributed by atoms with Gasteiger partial charge in [-0.15, -0.1) is 0 Å². The quantitative estimate of drug-likeness (QED) is 0.853. The van der Waals surface area contributed by atoms with Gasteiger partial charge in [-0.3, -0.25) is 0 Å². The van der Waals surface area contributed by atoms with Gasteiger partial charge in [-0.1, -0.05) is 44.2 Å². The molecular formula is C14H22N2O. The van der Waals surface area contributed by atoms with Crippen LogP contribution in [0.1, 0.15) is 26.3 Å². The Hall–Kier alpha value is -1.51. The first-order chi connectivity index (χ1) is 8.02. The maximum absolute atomic E-state index is 11.9. The summed E-state index contributed by atoms with van der Waals surface area (Å²) in [6.45, 7) is 6.87. The fourth-order valence-corrected chi connectivity index (χ4v) is 1.53. The van der Waals surface area contributed by atoms with Crippen molar-refractivity contribution < 1.29 is 4.79 Å². The maximum Gasteiger partial charge on any atom is 0.317 e. The monoisotopic (exact) mass is 234 g/mol. The normalized spacial score (nSPS) is 12.3. The molecule has 1 unspecified atom stereocenters. The third kappa shape index (κ3) is 4.10. The van der Waals surface area contributed by atoms with Gasteiger partial charge in [0.25, 0.3) is 0 Å². The second-order valence-electron chi connectivity index (χ2n) is 4.74. The Balaban J connectivity index is 2.45. The van der Waals surface area contributed by atoms with Gasteiger partial charge in [-0.25, -0.2) is 4.79 Å². The van der Waals surface area contributed by atoms with E-state index in [4.69, 9.17) is 0 Å². The lowest BCUT2D eigenvalue weighted by atomic mass is 10.1. The predicted molar refractivity (Wildman–Crippen MR) is 70.7 cm³/mol. The minimum Gasteiger partial charge on any atom is -0.334 e. The molecule has 0 aliphatic rings. The van der Waals surface area contributed by atoms with Crippen LogP contribution in [-0.2, 0) is 6.54 Å². The van der Waals surface area contributed by atoms with E-state index in [1.165, 1.54) is 0 Å². The number of hydrogen-bond donors (Lipinski definition) is 1. The molecule has 94 valence electrons. The van der Waals surface area contributed by atoms with E-state index < -0.39 is 0 Å². The van der Waals surface area contributed by atoms with E-state index in [1.807, 2.05) is 37.4 Å². The highest BCUT2D eigenvalue weighted by molar-refractivity contribution is 5.74. The van der Waals surface area contributed by atoms with Crippen LogP contribution in [0.3, 0.4) is 0 Å². The van der Waals surface area contributed by atoms with Crippen molar-refractivity contribution in [1.82, 2.24) is 10.2 Å². The number of hydrogen-bond acceptors (Lipinski definition) is 1. The average Bonchev–Trinajstić information content (AvgIpc) is 2.35. The summed E-state index contributed by atoms with van der Waals surface area (Å²) in [6, 6.07) is 10.2. The molecule has 0 spiro atoms. The van der Waals surface area contributed by atoms with Gasteiger partial charge >= 0.3 is 6.03 Å². The summed E-state index contributed by atoms with van der Waals surface area (Å²) in [4.78, 5) is 13.6. The number of benzene rings is 1. The minimum atomic E-state index is -0.0185.